The molecule has 1 aliphatic rings. The summed E-state index contributed by atoms with van der Waals surface area (Å²) in [4.78, 5) is 24.8. The van der Waals surface area contributed by atoms with Crippen molar-refractivity contribution in [3.05, 3.63) is 58.0 Å². The van der Waals surface area contributed by atoms with Crippen molar-refractivity contribution in [1.29, 1.82) is 0 Å². The van der Waals surface area contributed by atoms with E-state index in [-0.39, 0.29) is 11.6 Å². The Hall–Kier alpha value is -2.96. The Bertz CT molecular complexity index is 1020. The second-order valence-electron chi connectivity index (χ2n) is 6.62. The lowest BCUT2D eigenvalue weighted by Gasteiger charge is -2.15. The van der Waals surface area contributed by atoms with E-state index in [1.165, 1.54) is 6.42 Å². The van der Waals surface area contributed by atoms with Gasteiger partial charge < -0.3 is 14.3 Å². The number of carbonyl (C=O) groups is 1. The van der Waals surface area contributed by atoms with E-state index < -0.39 is 11.5 Å². The minimum absolute atomic E-state index is 0.00819. The Kier molecular flexibility index (Phi) is 4.28. The summed E-state index contributed by atoms with van der Waals surface area (Å²) in [6.45, 7) is 2.71. The summed E-state index contributed by atoms with van der Waals surface area (Å²) in [6.07, 6.45) is 4.26. The molecule has 0 saturated carbocycles. The molecule has 1 unspecified atom stereocenters. The van der Waals surface area contributed by atoms with Crippen molar-refractivity contribution in [2.24, 2.45) is 0 Å². The quantitative estimate of drug-likeness (QED) is 0.732. The Morgan fingerprint density at radius 2 is 2.08 bits per heavy atom. The first-order valence-corrected chi connectivity index (χ1v) is 8.89. The number of nitrogens with one attached hydrogen (secondary N) is 1. The summed E-state index contributed by atoms with van der Waals surface area (Å²) in [5.41, 5.74) is -0.190. The van der Waals surface area contributed by atoms with E-state index in [9.17, 15) is 9.59 Å². The average Bonchev–Trinajstić information content (AvgIpc) is 2.90. The molecule has 0 radical (unpaired) electrons. The summed E-state index contributed by atoms with van der Waals surface area (Å²) in [5.74, 6) is 1.22. The number of aryl methyl sites for hydroxylation is 1. The van der Waals surface area contributed by atoms with Crippen LogP contribution in [0.3, 0.4) is 0 Å². The van der Waals surface area contributed by atoms with Crippen molar-refractivity contribution in [3.8, 4) is 0 Å². The van der Waals surface area contributed by atoms with Crippen molar-refractivity contribution in [2.45, 2.75) is 45.2 Å². The van der Waals surface area contributed by atoms with Crippen LogP contribution < -0.4 is 10.9 Å². The number of para-hydroxylation sites is 1. The lowest BCUT2D eigenvalue weighted by Crippen LogP contribution is -2.32. The van der Waals surface area contributed by atoms with E-state index >= 15 is 0 Å². The third kappa shape index (κ3) is 3.00. The van der Waals surface area contributed by atoms with Crippen molar-refractivity contribution < 1.29 is 9.21 Å². The van der Waals surface area contributed by atoms with Gasteiger partial charge in [0.05, 0.1) is 6.04 Å². The van der Waals surface area contributed by atoms with E-state index in [1.54, 1.807) is 24.3 Å². The standard InChI is InChI=1S/C19H20N4O3/c1-12(17-22-21-16-9-3-2-6-10-23(16)17)20-18(24)14-11-13-7-4-5-8-15(13)26-19(14)25/h4-5,7-8,11-12H,2-3,6,9-10H2,1H3,(H,20,24). The number of amides is 1. The number of fused-ring (bicyclic) bond motifs is 2. The molecule has 0 fully saturated rings. The molecule has 1 aliphatic heterocycles. The molecule has 1 amide bonds. The van der Waals surface area contributed by atoms with Crippen LogP contribution in [-0.4, -0.2) is 20.7 Å². The predicted molar refractivity (Wildman–Crippen MR) is 95.9 cm³/mol. The maximum Gasteiger partial charge on any atom is 0.349 e. The Morgan fingerprint density at radius 3 is 2.96 bits per heavy atom. The van der Waals surface area contributed by atoms with E-state index in [0.29, 0.717) is 11.0 Å². The fourth-order valence-electron chi connectivity index (χ4n) is 3.39. The fourth-order valence-corrected chi connectivity index (χ4v) is 3.39. The van der Waals surface area contributed by atoms with Crippen LogP contribution in [0.25, 0.3) is 11.0 Å². The molecule has 1 aromatic carbocycles. The van der Waals surface area contributed by atoms with Gasteiger partial charge in [-0.2, -0.15) is 0 Å². The Labute approximate surface area is 150 Å². The zero-order valence-electron chi connectivity index (χ0n) is 14.6. The summed E-state index contributed by atoms with van der Waals surface area (Å²) < 4.78 is 7.33. The van der Waals surface area contributed by atoms with Crippen LogP contribution in [-0.2, 0) is 13.0 Å². The molecule has 134 valence electrons. The van der Waals surface area contributed by atoms with Gasteiger partial charge in [-0.1, -0.05) is 24.6 Å². The number of carbonyl (C=O) groups excluding carboxylic acids is 1. The van der Waals surface area contributed by atoms with Gasteiger partial charge in [-0.25, -0.2) is 4.79 Å². The second-order valence-corrected chi connectivity index (χ2v) is 6.62. The summed E-state index contributed by atoms with van der Waals surface area (Å²) in [5, 5.41) is 12.1. The molecule has 0 aliphatic carbocycles. The first kappa shape index (κ1) is 16.5. The lowest BCUT2D eigenvalue weighted by molar-refractivity contribution is 0.0934. The second kappa shape index (κ2) is 6.74. The van der Waals surface area contributed by atoms with Crippen LogP contribution >= 0.6 is 0 Å². The third-order valence-corrected chi connectivity index (χ3v) is 4.76. The molecule has 26 heavy (non-hydrogen) atoms. The highest BCUT2D eigenvalue weighted by atomic mass is 16.4. The lowest BCUT2D eigenvalue weighted by atomic mass is 10.1. The average molecular weight is 352 g/mol. The summed E-state index contributed by atoms with van der Waals surface area (Å²) >= 11 is 0. The van der Waals surface area contributed by atoms with Gasteiger partial charge in [0, 0.05) is 18.4 Å². The number of hydrogen-bond donors (Lipinski definition) is 1. The minimum Gasteiger partial charge on any atom is -0.422 e. The van der Waals surface area contributed by atoms with Crippen LogP contribution in [0.5, 0.6) is 0 Å². The van der Waals surface area contributed by atoms with Gasteiger partial charge in [-0.05, 0) is 31.9 Å². The molecular weight excluding hydrogens is 332 g/mol. The Morgan fingerprint density at radius 1 is 1.23 bits per heavy atom. The fraction of sp³-hybridized carbons (Fsp3) is 0.368. The molecule has 4 rings (SSSR count). The smallest absolute Gasteiger partial charge is 0.349 e. The molecule has 1 atom stereocenters. The van der Waals surface area contributed by atoms with Crippen LogP contribution in [0.15, 0.2) is 39.5 Å². The third-order valence-electron chi connectivity index (χ3n) is 4.76. The molecule has 3 aromatic rings. The molecule has 7 heteroatoms. The monoisotopic (exact) mass is 352 g/mol. The molecule has 0 bridgehead atoms. The highest BCUT2D eigenvalue weighted by molar-refractivity contribution is 5.96. The predicted octanol–water partition coefficient (Wildman–Crippen LogP) is 2.60. The van der Waals surface area contributed by atoms with Gasteiger partial charge in [0.1, 0.15) is 17.0 Å². The highest BCUT2D eigenvalue weighted by Crippen LogP contribution is 2.19. The van der Waals surface area contributed by atoms with Crippen LogP contribution in [0.2, 0.25) is 0 Å². The van der Waals surface area contributed by atoms with Gasteiger partial charge in [0.2, 0.25) is 0 Å². The molecular formula is C19H20N4O3. The van der Waals surface area contributed by atoms with E-state index in [1.807, 2.05) is 13.0 Å². The van der Waals surface area contributed by atoms with Crippen molar-refractivity contribution in [3.63, 3.8) is 0 Å². The largest absolute Gasteiger partial charge is 0.422 e. The van der Waals surface area contributed by atoms with Crippen LogP contribution in [0.1, 0.15) is 54.2 Å². The van der Waals surface area contributed by atoms with Gasteiger partial charge in [-0.15, -0.1) is 10.2 Å². The van der Waals surface area contributed by atoms with Gasteiger partial charge in [0.25, 0.3) is 5.91 Å². The number of benzene rings is 1. The SMILES string of the molecule is CC(NC(=O)c1cc2ccccc2oc1=O)c1nnc2n1CCCCC2. The van der Waals surface area contributed by atoms with Crippen molar-refractivity contribution >= 4 is 16.9 Å². The van der Waals surface area contributed by atoms with Gasteiger partial charge in [-0.3, -0.25) is 4.79 Å². The summed E-state index contributed by atoms with van der Waals surface area (Å²) in [6, 6.07) is 8.33. The van der Waals surface area contributed by atoms with Gasteiger partial charge >= 0.3 is 5.63 Å². The maximum absolute atomic E-state index is 12.6. The molecule has 0 saturated heterocycles. The topological polar surface area (TPSA) is 90.0 Å². The molecule has 2 aromatic heterocycles. The van der Waals surface area contributed by atoms with E-state index in [0.717, 1.165) is 37.5 Å². The summed E-state index contributed by atoms with van der Waals surface area (Å²) in [7, 11) is 0. The van der Waals surface area contributed by atoms with Crippen molar-refractivity contribution in [2.75, 3.05) is 0 Å². The number of rotatable bonds is 3. The molecule has 3 heterocycles. The number of nitrogens with zero attached hydrogens (tertiary/aromatic N) is 3. The maximum atomic E-state index is 12.6. The number of hydrogen-bond acceptors (Lipinski definition) is 5. The normalized spacial score (nSPS) is 15.3. The highest BCUT2D eigenvalue weighted by Gasteiger charge is 2.22. The zero-order chi connectivity index (χ0) is 18.1. The minimum atomic E-state index is -0.645. The first-order chi connectivity index (χ1) is 12.6. The van der Waals surface area contributed by atoms with Crippen LogP contribution in [0.4, 0.5) is 0 Å². The number of aromatic nitrogens is 3. The Balaban J connectivity index is 1.59. The first-order valence-electron chi connectivity index (χ1n) is 8.89. The zero-order valence-corrected chi connectivity index (χ0v) is 14.6. The molecule has 1 N–H and O–H groups in total. The van der Waals surface area contributed by atoms with Crippen LogP contribution in [0, 0.1) is 0 Å². The molecule has 0 spiro atoms. The van der Waals surface area contributed by atoms with E-state index in [4.69, 9.17) is 4.42 Å². The van der Waals surface area contributed by atoms with Gasteiger partial charge in [0.15, 0.2) is 5.82 Å². The van der Waals surface area contributed by atoms with E-state index in [2.05, 4.69) is 20.1 Å². The van der Waals surface area contributed by atoms with Crippen molar-refractivity contribution in [1.82, 2.24) is 20.1 Å². The molecule has 7 nitrogen and oxygen atoms in total.